The number of carbonyl (C=O) groups excluding carboxylic acids is 1. The van der Waals surface area contributed by atoms with Gasteiger partial charge in [0.1, 0.15) is 0 Å². The Morgan fingerprint density at radius 2 is 2.00 bits per heavy atom. The molecule has 0 spiro atoms. The Kier molecular flexibility index (Phi) is 7.11. The van der Waals surface area contributed by atoms with Gasteiger partial charge in [-0.1, -0.05) is 12.8 Å². The van der Waals surface area contributed by atoms with Crippen LogP contribution in [-0.4, -0.2) is 43.2 Å². The smallest absolute Gasteiger partial charge is 0.223 e. The molecule has 0 bridgehead atoms. The van der Waals surface area contributed by atoms with E-state index in [4.69, 9.17) is 10.5 Å². The zero-order chi connectivity index (χ0) is 13.0. The zero-order valence-corrected chi connectivity index (χ0v) is 12.7. The van der Waals surface area contributed by atoms with Gasteiger partial charge in [-0.3, -0.25) is 4.79 Å². The lowest BCUT2D eigenvalue weighted by Crippen LogP contribution is -2.51. The Morgan fingerprint density at radius 3 is 2.58 bits per heavy atom. The van der Waals surface area contributed by atoms with Crippen molar-refractivity contribution in [2.75, 3.05) is 20.2 Å². The van der Waals surface area contributed by atoms with E-state index >= 15 is 0 Å². The largest absolute Gasteiger partial charge is 0.381 e. The summed E-state index contributed by atoms with van der Waals surface area (Å²) in [6.45, 7) is 1.36. The third-order valence-electron chi connectivity index (χ3n) is 4.53. The van der Waals surface area contributed by atoms with Gasteiger partial charge in [-0.15, -0.1) is 12.4 Å². The van der Waals surface area contributed by atoms with E-state index in [2.05, 4.69) is 0 Å². The van der Waals surface area contributed by atoms with Crippen molar-refractivity contribution in [3.05, 3.63) is 0 Å². The summed E-state index contributed by atoms with van der Waals surface area (Å²) in [7, 11) is 1.74. The van der Waals surface area contributed by atoms with Gasteiger partial charge in [0.2, 0.25) is 5.91 Å². The third kappa shape index (κ3) is 4.33. The number of hydrogen-bond donors (Lipinski definition) is 1. The third-order valence-corrected chi connectivity index (χ3v) is 4.53. The molecule has 0 aromatic heterocycles. The Bertz CT molecular complexity index is 283. The van der Waals surface area contributed by atoms with Gasteiger partial charge in [-0.25, -0.2) is 0 Å². The monoisotopic (exact) mass is 290 g/mol. The fourth-order valence-electron chi connectivity index (χ4n) is 3.36. The number of nitrogens with zero attached hydrogens (tertiary/aromatic N) is 1. The molecule has 1 aliphatic carbocycles. The van der Waals surface area contributed by atoms with Crippen molar-refractivity contribution in [2.45, 2.75) is 57.1 Å². The van der Waals surface area contributed by atoms with Crippen LogP contribution in [0.3, 0.4) is 0 Å². The van der Waals surface area contributed by atoms with Crippen molar-refractivity contribution in [1.29, 1.82) is 0 Å². The van der Waals surface area contributed by atoms with Crippen LogP contribution in [0.1, 0.15) is 44.9 Å². The van der Waals surface area contributed by atoms with Crippen LogP contribution in [0.2, 0.25) is 0 Å². The highest BCUT2D eigenvalue weighted by Gasteiger charge is 2.32. The van der Waals surface area contributed by atoms with Crippen molar-refractivity contribution < 1.29 is 9.53 Å². The van der Waals surface area contributed by atoms with Crippen molar-refractivity contribution in [3.8, 4) is 0 Å². The molecule has 2 atom stereocenters. The molecule has 2 aliphatic rings. The predicted octanol–water partition coefficient (Wildman–Crippen LogP) is 1.95. The summed E-state index contributed by atoms with van der Waals surface area (Å²) in [5, 5.41) is 0. The minimum atomic E-state index is 0. The van der Waals surface area contributed by atoms with E-state index in [9.17, 15) is 4.79 Å². The lowest BCUT2D eigenvalue weighted by atomic mass is 9.96. The molecular formula is C14H27ClN2O2. The molecule has 2 unspecified atom stereocenters. The topological polar surface area (TPSA) is 55.6 Å². The van der Waals surface area contributed by atoms with Crippen LogP contribution in [-0.2, 0) is 9.53 Å². The molecule has 5 heteroatoms. The first kappa shape index (κ1) is 16.7. The summed E-state index contributed by atoms with van der Waals surface area (Å²) in [6.07, 6.45) is 7.89. The van der Waals surface area contributed by atoms with E-state index in [-0.39, 0.29) is 24.6 Å². The fraction of sp³-hybridized carbons (Fsp3) is 0.929. The van der Waals surface area contributed by atoms with Crippen LogP contribution >= 0.6 is 12.4 Å². The predicted molar refractivity (Wildman–Crippen MR) is 78.4 cm³/mol. The highest BCUT2D eigenvalue weighted by Crippen LogP contribution is 2.29. The molecule has 1 heterocycles. The lowest BCUT2D eigenvalue weighted by molar-refractivity contribution is -0.137. The van der Waals surface area contributed by atoms with Crippen LogP contribution in [0.25, 0.3) is 0 Å². The van der Waals surface area contributed by atoms with E-state index in [1.165, 1.54) is 25.7 Å². The minimum Gasteiger partial charge on any atom is -0.381 e. The molecule has 1 saturated carbocycles. The highest BCUT2D eigenvalue weighted by atomic mass is 35.5. The normalized spacial score (nSPS) is 28.2. The van der Waals surface area contributed by atoms with E-state index in [1.54, 1.807) is 7.11 Å². The van der Waals surface area contributed by atoms with Crippen molar-refractivity contribution in [1.82, 2.24) is 4.90 Å². The maximum absolute atomic E-state index is 12.3. The number of ether oxygens (including phenoxy) is 1. The second-order valence-corrected chi connectivity index (χ2v) is 5.71. The SMILES string of the molecule is COC1CCN(C(=O)CC2CCCC2)C(CN)C1.Cl. The van der Waals surface area contributed by atoms with Crippen LogP contribution < -0.4 is 5.73 Å². The van der Waals surface area contributed by atoms with Crippen LogP contribution in [0.4, 0.5) is 0 Å². The molecule has 1 aliphatic heterocycles. The van der Waals surface area contributed by atoms with Gasteiger partial charge in [0.15, 0.2) is 0 Å². The quantitative estimate of drug-likeness (QED) is 0.861. The Hall–Kier alpha value is -0.320. The number of halogens is 1. The zero-order valence-electron chi connectivity index (χ0n) is 11.8. The molecule has 0 radical (unpaired) electrons. The van der Waals surface area contributed by atoms with Crippen LogP contribution in [0.5, 0.6) is 0 Å². The first-order valence-electron chi connectivity index (χ1n) is 7.27. The minimum absolute atomic E-state index is 0. The summed E-state index contributed by atoms with van der Waals surface area (Å²) in [5.74, 6) is 0.933. The second-order valence-electron chi connectivity index (χ2n) is 5.71. The maximum atomic E-state index is 12.3. The molecular weight excluding hydrogens is 264 g/mol. The van der Waals surface area contributed by atoms with Gasteiger partial charge in [0, 0.05) is 32.7 Å². The number of amides is 1. The highest BCUT2D eigenvalue weighted by molar-refractivity contribution is 5.85. The van der Waals surface area contributed by atoms with E-state index in [0.717, 1.165) is 25.8 Å². The van der Waals surface area contributed by atoms with Gasteiger partial charge in [0.25, 0.3) is 0 Å². The van der Waals surface area contributed by atoms with E-state index in [1.807, 2.05) is 4.90 Å². The van der Waals surface area contributed by atoms with Gasteiger partial charge in [-0.05, 0) is 31.6 Å². The fourth-order valence-corrected chi connectivity index (χ4v) is 3.36. The van der Waals surface area contributed by atoms with Crippen molar-refractivity contribution in [2.24, 2.45) is 11.7 Å². The van der Waals surface area contributed by atoms with Crippen molar-refractivity contribution >= 4 is 18.3 Å². The summed E-state index contributed by atoms with van der Waals surface area (Å²) < 4.78 is 5.39. The molecule has 4 nitrogen and oxygen atoms in total. The molecule has 112 valence electrons. The summed E-state index contributed by atoms with van der Waals surface area (Å²) in [6, 6.07) is 0.178. The molecule has 2 fully saturated rings. The van der Waals surface area contributed by atoms with Gasteiger partial charge < -0.3 is 15.4 Å². The standard InChI is InChI=1S/C14H26N2O2.ClH/c1-18-13-6-7-16(12(9-13)10-15)14(17)8-11-4-2-3-5-11;/h11-13H,2-10,15H2,1H3;1H. The number of methoxy groups -OCH3 is 1. The van der Waals surface area contributed by atoms with E-state index in [0.29, 0.717) is 18.4 Å². The second kappa shape index (κ2) is 8.08. The first-order chi connectivity index (χ1) is 8.74. The molecule has 0 aromatic rings. The van der Waals surface area contributed by atoms with E-state index < -0.39 is 0 Å². The van der Waals surface area contributed by atoms with Gasteiger partial charge >= 0.3 is 0 Å². The summed E-state index contributed by atoms with van der Waals surface area (Å²) >= 11 is 0. The first-order valence-corrected chi connectivity index (χ1v) is 7.27. The van der Waals surface area contributed by atoms with Gasteiger partial charge in [-0.2, -0.15) is 0 Å². The number of piperidine rings is 1. The number of rotatable bonds is 4. The number of nitrogens with two attached hydrogens (primary N) is 1. The van der Waals surface area contributed by atoms with Crippen LogP contribution in [0.15, 0.2) is 0 Å². The van der Waals surface area contributed by atoms with Crippen LogP contribution in [0, 0.1) is 5.92 Å². The van der Waals surface area contributed by atoms with Crippen molar-refractivity contribution in [3.63, 3.8) is 0 Å². The number of likely N-dealkylation sites (tertiary alicyclic amines) is 1. The summed E-state index contributed by atoms with van der Waals surface area (Å²) in [5.41, 5.74) is 5.81. The molecule has 2 rings (SSSR count). The molecule has 19 heavy (non-hydrogen) atoms. The molecule has 0 aromatic carbocycles. The summed E-state index contributed by atoms with van der Waals surface area (Å²) in [4.78, 5) is 14.4. The Balaban J connectivity index is 0.00000180. The number of hydrogen-bond acceptors (Lipinski definition) is 3. The molecule has 1 saturated heterocycles. The average molecular weight is 291 g/mol. The molecule has 1 amide bonds. The molecule has 2 N–H and O–H groups in total. The average Bonchev–Trinajstić information content (AvgIpc) is 2.90. The lowest BCUT2D eigenvalue weighted by Gasteiger charge is -2.39. The Labute approximate surface area is 122 Å². The maximum Gasteiger partial charge on any atom is 0.223 e. The van der Waals surface area contributed by atoms with Gasteiger partial charge in [0.05, 0.1) is 6.10 Å². The Morgan fingerprint density at radius 1 is 1.32 bits per heavy atom. The number of carbonyl (C=O) groups is 1.